The molecule has 31 heavy (non-hydrogen) atoms. The largest absolute Gasteiger partial charge is 0.467 e. The second-order valence-corrected chi connectivity index (χ2v) is 8.66. The van der Waals surface area contributed by atoms with Crippen LogP contribution in [0.4, 0.5) is 11.4 Å². The molecule has 0 unspecified atom stereocenters. The third kappa shape index (κ3) is 4.19. The second kappa shape index (κ2) is 7.73. The molecule has 0 saturated heterocycles. The number of imide groups is 1. The molecular weight excluding hydrogens is 422 g/mol. The zero-order valence-corrected chi connectivity index (χ0v) is 17.1. The van der Waals surface area contributed by atoms with Gasteiger partial charge in [0.2, 0.25) is 10.0 Å². The first kappa shape index (κ1) is 20.4. The van der Waals surface area contributed by atoms with Crippen LogP contribution in [0.2, 0.25) is 0 Å². The monoisotopic (exact) mass is 439 g/mol. The third-order valence-corrected chi connectivity index (χ3v) is 5.19. The predicted octanol–water partition coefficient (Wildman–Crippen LogP) is 2.70. The lowest BCUT2D eigenvalue weighted by molar-refractivity contribution is 0.0631. The van der Waals surface area contributed by atoms with E-state index in [0.29, 0.717) is 5.76 Å². The number of hydrogen-bond donors (Lipinski definition) is 2. The molecular formula is C21H17N3O6S. The Bertz CT molecular complexity index is 1300. The Labute approximate surface area is 177 Å². The summed E-state index contributed by atoms with van der Waals surface area (Å²) in [6.45, 7) is -0.00852. The van der Waals surface area contributed by atoms with Gasteiger partial charge in [-0.15, -0.1) is 0 Å². The Kier molecular flexibility index (Phi) is 5.07. The number of anilines is 2. The number of para-hydroxylation sites is 2. The molecule has 1 aliphatic rings. The number of fused-ring (bicyclic) bond motifs is 1. The smallest absolute Gasteiger partial charge is 0.261 e. The van der Waals surface area contributed by atoms with Gasteiger partial charge in [0.15, 0.2) is 0 Å². The van der Waals surface area contributed by atoms with Crippen LogP contribution in [0.1, 0.15) is 36.8 Å². The summed E-state index contributed by atoms with van der Waals surface area (Å²) in [6, 6.07) is 13.8. The van der Waals surface area contributed by atoms with Gasteiger partial charge in [-0.25, -0.2) is 8.42 Å². The van der Waals surface area contributed by atoms with E-state index in [0.717, 1.165) is 11.2 Å². The van der Waals surface area contributed by atoms with E-state index in [1.165, 1.54) is 30.5 Å². The van der Waals surface area contributed by atoms with Crippen molar-refractivity contribution in [3.05, 3.63) is 83.3 Å². The molecule has 3 aromatic rings. The molecule has 2 N–H and O–H groups in total. The molecule has 0 radical (unpaired) electrons. The Hall–Kier alpha value is -3.92. The molecule has 0 spiro atoms. The van der Waals surface area contributed by atoms with E-state index in [-0.39, 0.29) is 34.6 Å². The summed E-state index contributed by atoms with van der Waals surface area (Å²) in [5, 5.41) is 2.62. The Morgan fingerprint density at radius 1 is 0.968 bits per heavy atom. The molecule has 0 bridgehead atoms. The van der Waals surface area contributed by atoms with E-state index >= 15 is 0 Å². The predicted molar refractivity (Wildman–Crippen MR) is 112 cm³/mol. The minimum Gasteiger partial charge on any atom is -0.467 e. The number of benzene rings is 2. The normalized spacial score (nSPS) is 13.3. The van der Waals surface area contributed by atoms with E-state index < -0.39 is 27.7 Å². The quantitative estimate of drug-likeness (QED) is 0.569. The molecule has 1 aliphatic heterocycles. The highest BCUT2D eigenvalue weighted by molar-refractivity contribution is 7.92. The van der Waals surface area contributed by atoms with Gasteiger partial charge < -0.3 is 9.73 Å². The number of hydrogen-bond acceptors (Lipinski definition) is 6. The first-order valence-electron chi connectivity index (χ1n) is 9.14. The van der Waals surface area contributed by atoms with Crippen LogP contribution in [-0.4, -0.2) is 37.3 Å². The molecule has 2 aromatic carbocycles. The summed E-state index contributed by atoms with van der Waals surface area (Å²) in [5.74, 6) is -1.09. The van der Waals surface area contributed by atoms with Crippen molar-refractivity contribution in [1.29, 1.82) is 0 Å². The van der Waals surface area contributed by atoms with Crippen LogP contribution in [0.25, 0.3) is 0 Å². The maximum atomic E-state index is 12.7. The molecule has 9 nitrogen and oxygen atoms in total. The average molecular weight is 439 g/mol. The van der Waals surface area contributed by atoms with Gasteiger partial charge in [-0.3, -0.25) is 24.0 Å². The van der Waals surface area contributed by atoms with Crippen LogP contribution in [0.5, 0.6) is 0 Å². The Balaban J connectivity index is 1.57. The van der Waals surface area contributed by atoms with Gasteiger partial charge in [0.1, 0.15) is 5.76 Å². The average Bonchev–Trinajstić information content (AvgIpc) is 3.31. The highest BCUT2D eigenvalue weighted by atomic mass is 32.2. The molecule has 158 valence electrons. The minimum atomic E-state index is -3.55. The Morgan fingerprint density at radius 3 is 2.35 bits per heavy atom. The molecule has 0 atom stereocenters. The summed E-state index contributed by atoms with van der Waals surface area (Å²) >= 11 is 0. The number of rotatable bonds is 6. The highest BCUT2D eigenvalue weighted by Crippen LogP contribution is 2.27. The van der Waals surface area contributed by atoms with Crippen LogP contribution in [0.15, 0.2) is 65.3 Å². The van der Waals surface area contributed by atoms with Crippen molar-refractivity contribution >= 4 is 39.1 Å². The number of furan rings is 1. The first-order valence-corrected chi connectivity index (χ1v) is 11.0. The Morgan fingerprint density at radius 2 is 1.68 bits per heavy atom. The summed E-state index contributed by atoms with van der Waals surface area (Å²) in [4.78, 5) is 39.1. The van der Waals surface area contributed by atoms with E-state index in [1.54, 1.807) is 30.3 Å². The van der Waals surface area contributed by atoms with E-state index in [1.807, 2.05) is 0 Å². The van der Waals surface area contributed by atoms with Gasteiger partial charge >= 0.3 is 0 Å². The van der Waals surface area contributed by atoms with Gasteiger partial charge in [0, 0.05) is 5.56 Å². The van der Waals surface area contributed by atoms with Crippen LogP contribution >= 0.6 is 0 Å². The van der Waals surface area contributed by atoms with Gasteiger partial charge in [-0.05, 0) is 42.5 Å². The van der Waals surface area contributed by atoms with Gasteiger partial charge in [-0.2, -0.15) is 0 Å². The fourth-order valence-electron chi connectivity index (χ4n) is 3.21. The fourth-order valence-corrected chi connectivity index (χ4v) is 3.79. The summed E-state index contributed by atoms with van der Waals surface area (Å²) in [6.07, 6.45) is 2.45. The second-order valence-electron chi connectivity index (χ2n) is 6.91. The fraction of sp³-hybridized carbons (Fsp3) is 0.0952. The lowest BCUT2D eigenvalue weighted by atomic mass is 10.1. The number of amides is 3. The van der Waals surface area contributed by atoms with Gasteiger partial charge in [0.25, 0.3) is 17.7 Å². The van der Waals surface area contributed by atoms with E-state index in [9.17, 15) is 22.8 Å². The first-order chi connectivity index (χ1) is 14.7. The standard InChI is InChI=1S/C21H17N3O6S/c1-31(28,29)23-18-7-3-2-6-17(18)22-19(25)13-8-9-15-16(11-13)21(27)24(20(15)26)12-14-5-4-10-30-14/h2-11,23H,12H2,1H3,(H,22,25). The van der Waals surface area contributed by atoms with Crippen molar-refractivity contribution < 1.29 is 27.2 Å². The minimum absolute atomic E-state index is 0.00852. The van der Waals surface area contributed by atoms with Crippen molar-refractivity contribution in [3.8, 4) is 0 Å². The number of nitrogens with one attached hydrogen (secondary N) is 2. The molecule has 0 saturated carbocycles. The lowest BCUT2D eigenvalue weighted by Crippen LogP contribution is -2.28. The van der Waals surface area contributed by atoms with Crippen LogP contribution in [0.3, 0.4) is 0 Å². The van der Waals surface area contributed by atoms with E-state index in [2.05, 4.69) is 10.0 Å². The van der Waals surface area contributed by atoms with Crippen LogP contribution < -0.4 is 10.0 Å². The molecule has 0 fully saturated rings. The van der Waals surface area contributed by atoms with Crippen LogP contribution in [0, 0.1) is 0 Å². The maximum absolute atomic E-state index is 12.7. The van der Waals surface area contributed by atoms with Gasteiger partial charge in [0.05, 0.1) is 41.6 Å². The molecule has 3 amide bonds. The van der Waals surface area contributed by atoms with Crippen molar-refractivity contribution in [3.63, 3.8) is 0 Å². The summed E-state index contributed by atoms with van der Waals surface area (Å²) < 4.78 is 30.6. The zero-order valence-electron chi connectivity index (χ0n) is 16.3. The molecule has 1 aromatic heterocycles. The highest BCUT2D eigenvalue weighted by Gasteiger charge is 2.36. The number of sulfonamides is 1. The number of carbonyl (C=O) groups is 3. The topological polar surface area (TPSA) is 126 Å². The molecule has 0 aliphatic carbocycles. The zero-order chi connectivity index (χ0) is 22.2. The van der Waals surface area contributed by atoms with Crippen molar-refractivity contribution in [2.24, 2.45) is 0 Å². The third-order valence-electron chi connectivity index (χ3n) is 4.60. The number of nitrogens with zero attached hydrogens (tertiary/aromatic N) is 1. The molecule has 2 heterocycles. The molecule has 4 rings (SSSR count). The van der Waals surface area contributed by atoms with Crippen molar-refractivity contribution in [2.45, 2.75) is 6.54 Å². The van der Waals surface area contributed by atoms with Crippen molar-refractivity contribution in [2.75, 3.05) is 16.3 Å². The summed E-state index contributed by atoms with van der Waals surface area (Å²) in [7, 11) is -3.55. The SMILES string of the molecule is CS(=O)(=O)Nc1ccccc1NC(=O)c1ccc2c(c1)C(=O)N(Cc1ccco1)C2=O. The number of carbonyl (C=O) groups excluding carboxylic acids is 3. The maximum Gasteiger partial charge on any atom is 0.261 e. The van der Waals surface area contributed by atoms with Gasteiger partial charge in [-0.1, -0.05) is 12.1 Å². The lowest BCUT2D eigenvalue weighted by Gasteiger charge is -2.12. The van der Waals surface area contributed by atoms with Crippen molar-refractivity contribution in [1.82, 2.24) is 4.90 Å². The van der Waals surface area contributed by atoms with Crippen LogP contribution in [-0.2, 0) is 16.6 Å². The van der Waals surface area contributed by atoms with E-state index in [4.69, 9.17) is 4.42 Å². The summed E-state index contributed by atoms with van der Waals surface area (Å²) in [5.41, 5.74) is 0.920. The molecule has 10 heteroatoms.